The molecule has 0 aliphatic carbocycles. The van der Waals surface area contributed by atoms with Gasteiger partial charge in [-0.15, -0.1) is 0 Å². The lowest BCUT2D eigenvalue weighted by Crippen LogP contribution is -2.49. The Morgan fingerprint density at radius 3 is 2.47 bits per heavy atom. The van der Waals surface area contributed by atoms with Crippen LogP contribution in [0.15, 0.2) is 36.4 Å². The van der Waals surface area contributed by atoms with E-state index in [0.29, 0.717) is 5.56 Å². The van der Waals surface area contributed by atoms with Crippen molar-refractivity contribution in [3.8, 4) is 0 Å². The number of halogens is 2. The molecule has 32 heavy (non-hydrogen) atoms. The first-order valence-corrected chi connectivity index (χ1v) is 12.3. The second-order valence-electron chi connectivity index (χ2n) is 8.26. The fourth-order valence-corrected chi connectivity index (χ4v) is 5.72. The Hall–Kier alpha value is -2.36. The highest BCUT2D eigenvalue weighted by molar-refractivity contribution is 7.90. The van der Waals surface area contributed by atoms with Gasteiger partial charge in [-0.25, -0.2) is 17.2 Å². The molecule has 0 bridgehead atoms. The standard InChI is InChI=1S/C23H28F2N2O4S/c1-3-15-4-5-17-12-32(30,31)13-22(20(17)8-15)26-11-23(29)21(27-14(2)28)9-16-6-18(24)10-19(25)7-16/h4-8,10,21-23,26,29H,3,9,11-13H2,1-2H3,(H,27,28)/t21-,22?,23+/m0/s1. The van der Waals surface area contributed by atoms with E-state index in [4.69, 9.17) is 0 Å². The second-order valence-corrected chi connectivity index (χ2v) is 10.4. The first-order chi connectivity index (χ1) is 15.1. The van der Waals surface area contributed by atoms with E-state index in [1.807, 2.05) is 25.1 Å². The average molecular weight is 467 g/mol. The van der Waals surface area contributed by atoms with Crippen LogP contribution in [0.2, 0.25) is 0 Å². The normalized spacial score (nSPS) is 19.1. The van der Waals surface area contributed by atoms with Gasteiger partial charge >= 0.3 is 0 Å². The lowest BCUT2D eigenvalue weighted by molar-refractivity contribution is -0.120. The number of sulfone groups is 1. The molecule has 2 aromatic carbocycles. The highest BCUT2D eigenvalue weighted by atomic mass is 32.2. The molecule has 1 aliphatic rings. The molecule has 0 aromatic heterocycles. The minimum Gasteiger partial charge on any atom is -0.390 e. The fourth-order valence-electron chi connectivity index (χ4n) is 4.06. The van der Waals surface area contributed by atoms with Gasteiger partial charge in [0.25, 0.3) is 0 Å². The minimum atomic E-state index is -3.31. The summed E-state index contributed by atoms with van der Waals surface area (Å²) in [6, 6.07) is 7.44. The van der Waals surface area contributed by atoms with Gasteiger partial charge < -0.3 is 15.7 Å². The van der Waals surface area contributed by atoms with Gasteiger partial charge in [-0.3, -0.25) is 4.79 Å². The molecule has 2 aromatic rings. The molecule has 0 fully saturated rings. The lowest BCUT2D eigenvalue weighted by atomic mass is 9.97. The monoisotopic (exact) mass is 466 g/mol. The Morgan fingerprint density at radius 1 is 1.16 bits per heavy atom. The van der Waals surface area contributed by atoms with E-state index in [9.17, 15) is 27.1 Å². The maximum atomic E-state index is 13.5. The van der Waals surface area contributed by atoms with E-state index >= 15 is 0 Å². The van der Waals surface area contributed by atoms with Crippen LogP contribution in [-0.4, -0.2) is 43.9 Å². The summed E-state index contributed by atoms with van der Waals surface area (Å²) in [5.41, 5.74) is 2.99. The van der Waals surface area contributed by atoms with Gasteiger partial charge in [-0.2, -0.15) is 0 Å². The number of aliphatic hydroxyl groups excluding tert-OH is 1. The molecule has 3 N–H and O–H groups in total. The van der Waals surface area contributed by atoms with Gasteiger partial charge in [0.15, 0.2) is 9.84 Å². The quantitative estimate of drug-likeness (QED) is 0.555. The van der Waals surface area contributed by atoms with E-state index in [1.165, 1.54) is 6.92 Å². The molecule has 0 saturated heterocycles. The Labute approximate surface area is 187 Å². The maximum absolute atomic E-state index is 13.5. The van der Waals surface area contributed by atoms with Crippen LogP contribution in [0.3, 0.4) is 0 Å². The summed E-state index contributed by atoms with van der Waals surface area (Å²) in [6.07, 6.45) is -0.298. The highest BCUT2D eigenvalue weighted by Gasteiger charge is 2.31. The number of rotatable bonds is 8. The molecule has 1 aliphatic heterocycles. The molecule has 1 amide bonds. The summed E-state index contributed by atoms with van der Waals surface area (Å²) in [6.45, 7) is 3.29. The van der Waals surface area contributed by atoms with E-state index in [-0.39, 0.29) is 24.5 Å². The number of aliphatic hydroxyl groups is 1. The van der Waals surface area contributed by atoms with E-state index < -0.39 is 45.6 Å². The molecule has 174 valence electrons. The number of hydrogen-bond donors (Lipinski definition) is 3. The van der Waals surface area contributed by atoms with Gasteiger partial charge in [0.1, 0.15) is 11.6 Å². The molecule has 9 heteroatoms. The van der Waals surface area contributed by atoms with Crippen molar-refractivity contribution < 1.29 is 27.1 Å². The molecule has 0 saturated carbocycles. The van der Waals surface area contributed by atoms with Crippen molar-refractivity contribution in [2.45, 2.75) is 50.6 Å². The number of carbonyl (C=O) groups excluding carboxylic acids is 1. The van der Waals surface area contributed by atoms with Crippen molar-refractivity contribution in [3.05, 3.63) is 70.3 Å². The molecular formula is C23H28F2N2O4S. The smallest absolute Gasteiger partial charge is 0.217 e. The average Bonchev–Trinajstić information content (AvgIpc) is 2.69. The molecule has 3 rings (SSSR count). The number of amides is 1. The van der Waals surface area contributed by atoms with Crippen LogP contribution >= 0.6 is 0 Å². The number of aryl methyl sites for hydroxylation is 1. The Morgan fingerprint density at radius 2 is 1.84 bits per heavy atom. The number of nitrogens with one attached hydrogen (secondary N) is 2. The van der Waals surface area contributed by atoms with Crippen molar-refractivity contribution in [2.24, 2.45) is 0 Å². The van der Waals surface area contributed by atoms with Crippen LogP contribution in [0.1, 0.15) is 42.1 Å². The Bertz CT molecular complexity index is 1070. The predicted molar refractivity (Wildman–Crippen MR) is 118 cm³/mol. The first-order valence-electron chi connectivity index (χ1n) is 10.5. The lowest BCUT2D eigenvalue weighted by Gasteiger charge is -2.30. The largest absolute Gasteiger partial charge is 0.390 e. The predicted octanol–water partition coefficient (Wildman–Crippen LogP) is 2.19. The maximum Gasteiger partial charge on any atom is 0.217 e. The zero-order chi connectivity index (χ0) is 23.5. The van der Waals surface area contributed by atoms with Crippen molar-refractivity contribution in [1.29, 1.82) is 0 Å². The van der Waals surface area contributed by atoms with Crippen molar-refractivity contribution >= 4 is 15.7 Å². The molecule has 0 radical (unpaired) electrons. The summed E-state index contributed by atoms with van der Waals surface area (Å²) in [5, 5.41) is 16.5. The molecule has 1 heterocycles. The highest BCUT2D eigenvalue weighted by Crippen LogP contribution is 2.29. The van der Waals surface area contributed by atoms with Crippen LogP contribution in [0.4, 0.5) is 8.78 Å². The van der Waals surface area contributed by atoms with Gasteiger partial charge in [0.2, 0.25) is 5.91 Å². The number of hydrogen-bond acceptors (Lipinski definition) is 5. The third kappa shape index (κ3) is 6.34. The number of benzene rings is 2. The Kier molecular flexibility index (Phi) is 7.63. The van der Waals surface area contributed by atoms with Crippen LogP contribution < -0.4 is 10.6 Å². The summed E-state index contributed by atoms with van der Waals surface area (Å²) in [5.74, 6) is -2.01. The second kappa shape index (κ2) is 10.1. The van der Waals surface area contributed by atoms with Gasteiger partial charge in [0, 0.05) is 25.6 Å². The van der Waals surface area contributed by atoms with Crippen LogP contribution in [0.5, 0.6) is 0 Å². The van der Waals surface area contributed by atoms with Crippen LogP contribution in [-0.2, 0) is 33.2 Å². The van der Waals surface area contributed by atoms with Gasteiger partial charge in [0.05, 0.1) is 23.7 Å². The summed E-state index contributed by atoms with van der Waals surface area (Å²) >= 11 is 0. The topological polar surface area (TPSA) is 95.5 Å². The summed E-state index contributed by atoms with van der Waals surface area (Å²) < 4.78 is 51.9. The summed E-state index contributed by atoms with van der Waals surface area (Å²) in [4.78, 5) is 11.6. The third-order valence-corrected chi connectivity index (χ3v) is 7.19. The van der Waals surface area contributed by atoms with E-state index in [2.05, 4.69) is 10.6 Å². The fraction of sp³-hybridized carbons (Fsp3) is 0.435. The zero-order valence-electron chi connectivity index (χ0n) is 18.1. The number of carbonyl (C=O) groups is 1. The Balaban J connectivity index is 1.76. The van der Waals surface area contributed by atoms with E-state index in [1.54, 1.807) is 0 Å². The SMILES string of the molecule is CCc1ccc2c(c1)C(NC[C@@H](O)[C@H](Cc1cc(F)cc(F)c1)NC(C)=O)CS(=O)(=O)C2. The number of fused-ring (bicyclic) bond motifs is 1. The van der Waals surface area contributed by atoms with Crippen LogP contribution in [0, 0.1) is 11.6 Å². The minimum absolute atomic E-state index is 0.0106. The molecule has 3 atom stereocenters. The van der Waals surface area contributed by atoms with Gasteiger partial charge in [-0.05, 0) is 47.2 Å². The third-order valence-electron chi connectivity index (χ3n) is 5.59. The molecular weight excluding hydrogens is 438 g/mol. The first kappa shape index (κ1) is 24.3. The molecule has 1 unspecified atom stereocenters. The van der Waals surface area contributed by atoms with Crippen molar-refractivity contribution in [3.63, 3.8) is 0 Å². The molecule has 6 nitrogen and oxygen atoms in total. The van der Waals surface area contributed by atoms with Crippen LogP contribution in [0.25, 0.3) is 0 Å². The molecule has 0 spiro atoms. The van der Waals surface area contributed by atoms with Gasteiger partial charge in [-0.1, -0.05) is 25.1 Å². The van der Waals surface area contributed by atoms with E-state index in [0.717, 1.165) is 41.3 Å². The zero-order valence-corrected chi connectivity index (χ0v) is 18.9. The van der Waals surface area contributed by atoms with Crippen molar-refractivity contribution in [1.82, 2.24) is 10.6 Å². The van der Waals surface area contributed by atoms with Crippen molar-refractivity contribution in [2.75, 3.05) is 12.3 Å². The summed E-state index contributed by atoms with van der Waals surface area (Å²) in [7, 11) is -3.31.